The fraction of sp³-hybridized carbons (Fsp3) is 0. The maximum Gasteiger partial charge on any atom is 0.244 e. The Kier molecular flexibility index (Phi) is 3.38. The van der Waals surface area contributed by atoms with Gasteiger partial charge < -0.3 is 16.0 Å². The van der Waals surface area contributed by atoms with Crippen molar-refractivity contribution in [3.8, 4) is 0 Å². The summed E-state index contributed by atoms with van der Waals surface area (Å²) in [5, 5.41) is 4.55. The highest BCUT2D eigenvalue weighted by molar-refractivity contribution is 7.89. The van der Waals surface area contributed by atoms with Crippen LogP contribution in [0.1, 0.15) is 0 Å². The Morgan fingerprint density at radius 3 is 1.71 bits per heavy atom. The van der Waals surface area contributed by atoms with Crippen molar-refractivity contribution in [2.45, 2.75) is 9.79 Å². The molecule has 0 aliphatic carbocycles. The van der Waals surface area contributed by atoms with Crippen LogP contribution in [0.5, 0.6) is 0 Å². The molecule has 1 rings (SSSR count). The normalized spacial score (nSPS) is 13.6. The molecule has 0 fully saturated rings. The van der Waals surface area contributed by atoms with Crippen LogP contribution in [-0.4, -0.2) is 17.2 Å². The van der Waals surface area contributed by atoms with E-state index < -0.39 is 53.9 Å². The van der Waals surface area contributed by atoms with Crippen LogP contribution in [0.25, 0.3) is 0 Å². The topological polar surface area (TPSA) is 152 Å². The minimum absolute atomic E-state index is 1.05. The quantitative estimate of drug-likeness (QED) is 0.469. The summed E-state index contributed by atoms with van der Waals surface area (Å²) >= 11 is -3.12. The molecule has 11 heteroatoms. The number of hydrogen-bond acceptors (Lipinski definition) is 6. The van der Waals surface area contributed by atoms with E-state index in [1.807, 2.05) is 0 Å². The molecule has 0 aromatic heterocycles. The van der Waals surface area contributed by atoms with Crippen LogP contribution in [0.3, 0.4) is 0 Å². The lowest BCUT2D eigenvalue weighted by Crippen LogP contribution is -2.20. The predicted octanol–water partition coefficient (Wildman–Crippen LogP) is -0.985. The number of sulfonamides is 1. The fourth-order valence-electron chi connectivity index (χ4n) is 1.11. The van der Waals surface area contributed by atoms with Gasteiger partial charge in [-0.1, -0.05) is 0 Å². The van der Waals surface area contributed by atoms with Gasteiger partial charge in [0.2, 0.25) is 10.0 Å². The number of benzene rings is 1. The largest absolute Gasteiger partial charge is 0.768 e. The van der Waals surface area contributed by atoms with Crippen LogP contribution in [-0.2, 0) is 21.1 Å². The third-order valence-electron chi connectivity index (χ3n) is 1.81. The second-order valence-electron chi connectivity index (χ2n) is 2.89. The molecule has 1 unspecified atom stereocenters. The van der Waals surface area contributed by atoms with E-state index in [-0.39, 0.29) is 0 Å². The van der Waals surface area contributed by atoms with E-state index in [0.717, 1.165) is 0 Å². The van der Waals surface area contributed by atoms with Crippen molar-refractivity contribution in [2.75, 3.05) is 11.5 Å². The zero-order valence-corrected chi connectivity index (χ0v) is 9.57. The van der Waals surface area contributed by atoms with Gasteiger partial charge in [-0.15, -0.1) is 0 Å². The molecule has 0 bridgehead atoms. The Morgan fingerprint density at radius 2 is 1.47 bits per heavy atom. The second-order valence-corrected chi connectivity index (χ2v) is 5.27. The first kappa shape index (κ1) is 13.8. The van der Waals surface area contributed by atoms with Gasteiger partial charge in [0.25, 0.3) is 0 Å². The summed E-state index contributed by atoms with van der Waals surface area (Å²) in [7, 11) is -4.76. The number of rotatable bonds is 2. The van der Waals surface area contributed by atoms with Crippen LogP contribution < -0.4 is 16.6 Å². The summed E-state index contributed by atoms with van der Waals surface area (Å²) in [5.74, 6) is -3.59. The van der Waals surface area contributed by atoms with Gasteiger partial charge in [-0.2, -0.15) is 0 Å². The molecule has 0 aliphatic heterocycles. The third-order valence-corrected chi connectivity index (χ3v) is 3.51. The number of nitrogen functional groups attached to an aromatic ring is 2. The SMILES string of the molecule is Nc1c(F)c(S(N)(=O)=O)c(F)c(N)c1S(=O)[O-]. The molecule has 17 heavy (non-hydrogen) atoms. The van der Waals surface area contributed by atoms with Crippen molar-refractivity contribution < 1.29 is 26.0 Å². The van der Waals surface area contributed by atoms with Gasteiger partial charge in [0, 0.05) is 0 Å². The van der Waals surface area contributed by atoms with Crippen molar-refractivity contribution in [3.63, 3.8) is 0 Å². The first-order valence-corrected chi connectivity index (χ1v) is 6.39. The average Bonchev–Trinajstić information content (AvgIpc) is 2.12. The number of anilines is 2. The molecule has 1 atom stereocenters. The molecule has 0 saturated heterocycles. The Labute approximate surface area is 96.9 Å². The summed E-state index contributed by atoms with van der Waals surface area (Å²) < 4.78 is 69.9. The van der Waals surface area contributed by atoms with Crippen LogP contribution in [0.15, 0.2) is 9.79 Å². The summed E-state index contributed by atoms with van der Waals surface area (Å²) in [4.78, 5) is -2.62. The summed E-state index contributed by atoms with van der Waals surface area (Å²) in [6.45, 7) is 0. The molecule has 0 radical (unpaired) electrons. The van der Waals surface area contributed by atoms with Crippen LogP contribution in [0, 0.1) is 11.6 Å². The number of nitrogens with two attached hydrogens (primary N) is 3. The van der Waals surface area contributed by atoms with E-state index in [0.29, 0.717) is 0 Å². The van der Waals surface area contributed by atoms with Crippen molar-refractivity contribution in [3.05, 3.63) is 11.6 Å². The fourth-order valence-corrected chi connectivity index (χ4v) is 2.37. The summed E-state index contributed by atoms with van der Waals surface area (Å²) in [6, 6.07) is 0. The molecule has 6 N–H and O–H groups in total. The maximum absolute atomic E-state index is 13.4. The van der Waals surface area contributed by atoms with E-state index >= 15 is 0 Å². The Hall–Kier alpha value is -1.30. The standard InChI is InChI=1S/C6H7F2N3O4S2/c7-1-3(9)5(16(12)13)4(10)2(8)6(1)17(11,14)15/h9-10H2,(H,12,13)(H2,11,14,15)/p-1. The number of halogens is 2. The molecular formula is C6H6F2N3O4S2-. The molecule has 1 aromatic carbocycles. The minimum Gasteiger partial charge on any atom is -0.768 e. The molecule has 7 nitrogen and oxygen atoms in total. The van der Waals surface area contributed by atoms with Crippen molar-refractivity contribution in [1.29, 1.82) is 0 Å². The van der Waals surface area contributed by atoms with Crippen LogP contribution in [0.2, 0.25) is 0 Å². The van der Waals surface area contributed by atoms with Gasteiger partial charge in [0.05, 0.1) is 16.3 Å². The highest BCUT2D eigenvalue weighted by Gasteiger charge is 2.28. The monoisotopic (exact) mass is 286 g/mol. The van der Waals surface area contributed by atoms with E-state index in [4.69, 9.17) is 11.5 Å². The van der Waals surface area contributed by atoms with E-state index in [1.165, 1.54) is 0 Å². The number of primary sulfonamides is 1. The van der Waals surface area contributed by atoms with Gasteiger partial charge in [-0.25, -0.2) is 22.3 Å². The van der Waals surface area contributed by atoms with Crippen LogP contribution in [0.4, 0.5) is 20.2 Å². The lowest BCUT2D eigenvalue weighted by molar-refractivity contribution is 0.512. The van der Waals surface area contributed by atoms with Gasteiger partial charge in [0.1, 0.15) is 0 Å². The smallest absolute Gasteiger partial charge is 0.244 e. The van der Waals surface area contributed by atoms with E-state index in [9.17, 15) is 26.0 Å². The Bertz CT molecular complexity index is 587. The molecule has 1 aromatic rings. The van der Waals surface area contributed by atoms with Gasteiger partial charge in [-0.05, 0) is 11.1 Å². The lowest BCUT2D eigenvalue weighted by atomic mass is 10.2. The van der Waals surface area contributed by atoms with Crippen molar-refractivity contribution in [2.24, 2.45) is 5.14 Å². The van der Waals surface area contributed by atoms with Gasteiger partial charge in [-0.3, -0.25) is 4.21 Å². The predicted molar refractivity (Wildman–Crippen MR) is 53.7 cm³/mol. The average molecular weight is 286 g/mol. The highest BCUT2D eigenvalue weighted by Crippen LogP contribution is 2.33. The maximum atomic E-state index is 13.4. The summed E-state index contributed by atoms with van der Waals surface area (Å²) in [6.07, 6.45) is 0. The second kappa shape index (κ2) is 4.18. The Balaban J connectivity index is 3.91. The van der Waals surface area contributed by atoms with Gasteiger partial charge >= 0.3 is 0 Å². The highest BCUT2D eigenvalue weighted by atomic mass is 32.2. The third kappa shape index (κ3) is 2.22. The molecule has 0 amide bonds. The first-order chi connectivity index (χ1) is 7.59. The molecule has 0 saturated carbocycles. The van der Waals surface area contributed by atoms with E-state index in [2.05, 4.69) is 5.14 Å². The zero-order valence-electron chi connectivity index (χ0n) is 7.94. The molecule has 96 valence electrons. The zero-order chi connectivity index (χ0) is 13.5. The van der Waals surface area contributed by atoms with Crippen molar-refractivity contribution in [1.82, 2.24) is 0 Å². The molecule has 0 aliphatic rings. The molecule has 0 heterocycles. The Morgan fingerprint density at radius 1 is 1.12 bits per heavy atom. The van der Waals surface area contributed by atoms with Crippen LogP contribution >= 0.6 is 0 Å². The molecular weight excluding hydrogens is 280 g/mol. The summed E-state index contributed by atoms with van der Waals surface area (Å²) in [5.41, 5.74) is 7.81. The first-order valence-electron chi connectivity index (χ1n) is 3.77. The minimum atomic E-state index is -4.76. The lowest BCUT2D eigenvalue weighted by Gasteiger charge is -2.15. The number of hydrogen-bond donors (Lipinski definition) is 3. The van der Waals surface area contributed by atoms with E-state index in [1.54, 1.807) is 0 Å². The van der Waals surface area contributed by atoms with Gasteiger partial charge in [0.15, 0.2) is 16.5 Å². The molecule has 0 spiro atoms. The van der Waals surface area contributed by atoms with Crippen molar-refractivity contribution >= 4 is 32.5 Å².